The van der Waals surface area contributed by atoms with Gasteiger partial charge in [0.1, 0.15) is 11.5 Å². The normalized spacial score (nSPS) is 12.4. The first-order valence-corrected chi connectivity index (χ1v) is 4.03. The van der Waals surface area contributed by atoms with Crippen LogP contribution in [0.15, 0.2) is 30.9 Å². The van der Waals surface area contributed by atoms with E-state index in [1.807, 2.05) is 0 Å². The first-order chi connectivity index (χ1) is 6.15. The SMILES string of the molecule is C=CC[C@H](N)c1cc(O)ccc1O. The van der Waals surface area contributed by atoms with Gasteiger partial charge in [-0.05, 0) is 24.6 Å². The van der Waals surface area contributed by atoms with Crippen molar-refractivity contribution < 1.29 is 10.2 Å². The summed E-state index contributed by atoms with van der Waals surface area (Å²) in [7, 11) is 0. The highest BCUT2D eigenvalue weighted by atomic mass is 16.3. The van der Waals surface area contributed by atoms with Crippen LogP contribution in [0.4, 0.5) is 0 Å². The average molecular weight is 179 g/mol. The molecule has 0 aliphatic heterocycles. The Morgan fingerprint density at radius 2 is 2.15 bits per heavy atom. The fourth-order valence-corrected chi connectivity index (χ4v) is 1.15. The molecule has 0 spiro atoms. The Bertz CT molecular complexity index is 310. The molecule has 0 heterocycles. The van der Waals surface area contributed by atoms with Gasteiger partial charge in [-0.1, -0.05) is 6.08 Å². The van der Waals surface area contributed by atoms with Gasteiger partial charge in [0.15, 0.2) is 0 Å². The lowest BCUT2D eigenvalue weighted by molar-refractivity contribution is 0.448. The zero-order chi connectivity index (χ0) is 9.84. The van der Waals surface area contributed by atoms with Crippen LogP contribution in [0, 0.1) is 0 Å². The Morgan fingerprint density at radius 1 is 1.46 bits per heavy atom. The van der Waals surface area contributed by atoms with Crippen LogP contribution in [0.1, 0.15) is 18.0 Å². The van der Waals surface area contributed by atoms with Crippen molar-refractivity contribution >= 4 is 0 Å². The number of hydrogen-bond donors (Lipinski definition) is 3. The van der Waals surface area contributed by atoms with Crippen molar-refractivity contribution in [2.24, 2.45) is 5.73 Å². The van der Waals surface area contributed by atoms with E-state index in [1.165, 1.54) is 18.2 Å². The Morgan fingerprint density at radius 3 is 2.77 bits per heavy atom. The lowest BCUT2D eigenvalue weighted by Gasteiger charge is -2.11. The fourth-order valence-electron chi connectivity index (χ4n) is 1.15. The van der Waals surface area contributed by atoms with Crippen molar-refractivity contribution in [3.8, 4) is 11.5 Å². The monoisotopic (exact) mass is 179 g/mol. The summed E-state index contributed by atoms with van der Waals surface area (Å²) in [5.74, 6) is 0.208. The zero-order valence-electron chi connectivity index (χ0n) is 7.27. The number of hydrogen-bond acceptors (Lipinski definition) is 3. The molecule has 1 aromatic rings. The van der Waals surface area contributed by atoms with E-state index in [1.54, 1.807) is 6.08 Å². The maximum absolute atomic E-state index is 9.41. The zero-order valence-corrected chi connectivity index (χ0v) is 7.27. The smallest absolute Gasteiger partial charge is 0.120 e. The molecule has 0 aromatic heterocycles. The van der Waals surface area contributed by atoms with Gasteiger partial charge in [0.25, 0.3) is 0 Å². The summed E-state index contributed by atoms with van der Waals surface area (Å²) in [5, 5.41) is 18.6. The molecule has 0 radical (unpaired) electrons. The molecule has 13 heavy (non-hydrogen) atoms. The summed E-state index contributed by atoms with van der Waals surface area (Å²) in [4.78, 5) is 0. The van der Waals surface area contributed by atoms with Gasteiger partial charge in [0.2, 0.25) is 0 Å². The fraction of sp³-hybridized carbons (Fsp3) is 0.200. The van der Waals surface area contributed by atoms with Crippen molar-refractivity contribution in [3.63, 3.8) is 0 Å². The quantitative estimate of drug-likeness (QED) is 0.488. The lowest BCUT2D eigenvalue weighted by atomic mass is 10.0. The molecule has 0 amide bonds. The van der Waals surface area contributed by atoms with Crippen LogP contribution in [-0.4, -0.2) is 10.2 Å². The van der Waals surface area contributed by atoms with Gasteiger partial charge in [-0.25, -0.2) is 0 Å². The second-order valence-corrected chi connectivity index (χ2v) is 2.87. The highest BCUT2D eigenvalue weighted by molar-refractivity contribution is 5.40. The Balaban J connectivity index is 2.97. The first-order valence-electron chi connectivity index (χ1n) is 4.03. The summed E-state index contributed by atoms with van der Waals surface area (Å²) < 4.78 is 0. The van der Waals surface area contributed by atoms with E-state index in [-0.39, 0.29) is 17.5 Å². The van der Waals surface area contributed by atoms with E-state index in [0.717, 1.165) is 0 Å². The molecule has 1 rings (SSSR count). The Hall–Kier alpha value is -1.48. The van der Waals surface area contributed by atoms with Crippen LogP contribution in [0.25, 0.3) is 0 Å². The van der Waals surface area contributed by atoms with Gasteiger partial charge in [-0.3, -0.25) is 0 Å². The third-order valence-electron chi connectivity index (χ3n) is 1.83. The van der Waals surface area contributed by atoms with E-state index in [4.69, 9.17) is 10.8 Å². The number of nitrogens with two attached hydrogens (primary N) is 1. The van der Waals surface area contributed by atoms with Crippen molar-refractivity contribution in [3.05, 3.63) is 36.4 Å². The molecule has 1 aromatic carbocycles. The predicted molar refractivity (Wildman–Crippen MR) is 51.5 cm³/mol. The maximum Gasteiger partial charge on any atom is 0.120 e. The van der Waals surface area contributed by atoms with E-state index in [2.05, 4.69) is 6.58 Å². The summed E-state index contributed by atoms with van der Waals surface area (Å²) >= 11 is 0. The van der Waals surface area contributed by atoms with Gasteiger partial charge >= 0.3 is 0 Å². The third kappa shape index (κ3) is 2.23. The van der Waals surface area contributed by atoms with E-state index in [9.17, 15) is 5.11 Å². The molecule has 0 aliphatic rings. The number of phenols is 2. The Labute approximate surface area is 77.1 Å². The number of aromatic hydroxyl groups is 2. The van der Waals surface area contributed by atoms with E-state index < -0.39 is 0 Å². The van der Waals surface area contributed by atoms with Gasteiger partial charge < -0.3 is 15.9 Å². The maximum atomic E-state index is 9.41. The van der Waals surface area contributed by atoms with E-state index >= 15 is 0 Å². The highest BCUT2D eigenvalue weighted by Gasteiger charge is 2.09. The Kier molecular flexibility index (Phi) is 2.93. The standard InChI is InChI=1S/C10H13NO2/c1-2-3-9(11)8-6-7(12)4-5-10(8)13/h2,4-6,9,12-13H,1,3,11H2/t9-/m0/s1. The van der Waals surface area contributed by atoms with Crippen LogP contribution >= 0.6 is 0 Å². The molecule has 4 N–H and O–H groups in total. The number of phenolic OH excluding ortho intramolecular Hbond substituents is 2. The van der Waals surface area contributed by atoms with Crippen molar-refractivity contribution in [2.75, 3.05) is 0 Å². The van der Waals surface area contributed by atoms with Crippen molar-refractivity contribution in [2.45, 2.75) is 12.5 Å². The highest BCUT2D eigenvalue weighted by Crippen LogP contribution is 2.28. The van der Waals surface area contributed by atoms with Crippen LogP contribution < -0.4 is 5.73 Å². The summed E-state index contributed by atoms with van der Waals surface area (Å²) in [6.45, 7) is 3.55. The molecule has 3 heteroatoms. The van der Waals surface area contributed by atoms with Gasteiger partial charge in [0, 0.05) is 11.6 Å². The minimum absolute atomic E-state index is 0.104. The number of benzene rings is 1. The van der Waals surface area contributed by atoms with Crippen LogP contribution in [0.3, 0.4) is 0 Å². The van der Waals surface area contributed by atoms with E-state index in [0.29, 0.717) is 12.0 Å². The summed E-state index contributed by atoms with van der Waals surface area (Å²) in [6.07, 6.45) is 2.24. The molecule has 70 valence electrons. The molecule has 0 bridgehead atoms. The summed E-state index contributed by atoms with van der Waals surface area (Å²) in [5.41, 5.74) is 6.27. The third-order valence-corrected chi connectivity index (χ3v) is 1.83. The van der Waals surface area contributed by atoms with Gasteiger partial charge in [-0.2, -0.15) is 0 Å². The number of rotatable bonds is 3. The molecule has 0 saturated carbocycles. The van der Waals surface area contributed by atoms with Crippen LogP contribution in [0.5, 0.6) is 11.5 Å². The molecule has 0 fully saturated rings. The van der Waals surface area contributed by atoms with Gasteiger partial charge in [0.05, 0.1) is 0 Å². The molecule has 0 saturated heterocycles. The second-order valence-electron chi connectivity index (χ2n) is 2.87. The molecular weight excluding hydrogens is 166 g/mol. The summed E-state index contributed by atoms with van der Waals surface area (Å²) in [6, 6.07) is 3.99. The van der Waals surface area contributed by atoms with Crippen LogP contribution in [0.2, 0.25) is 0 Å². The molecule has 0 unspecified atom stereocenters. The minimum atomic E-state index is -0.315. The lowest BCUT2D eigenvalue weighted by Crippen LogP contribution is -2.08. The first kappa shape index (κ1) is 9.61. The molecule has 3 nitrogen and oxygen atoms in total. The minimum Gasteiger partial charge on any atom is -0.508 e. The largest absolute Gasteiger partial charge is 0.508 e. The predicted octanol–water partition coefficient (Wildman–Crippen LogP) is 1.67. The molecular formula is C10H13NO2. The molecule has 0 aliphatic carbocycles. The average Bonchev–Trinajstić information content (AvgIpc) is 2.09. The van der Waals surface area contributed by atoms with Crippen LogP contribution in [-0.2, 0) is 0 Å². The second kappa shape index (κ2) is 3.96. The van der Waals surface area contributed by atoms with Crippen molar-refractivity contribution in [1.82, 2.24) is 0 Å². The molecule has 1 atom stereocenters. The topological polar surface area (TPSA) is 66.5 Å². The van der Waals surface area contributed by atoms with Crippen molar-refractivity contribution in [1.29, 1.82) is 0 Å². The van der Waals surface area contributed by atoms with Gasteiger partial charge in [-0.15, -0.1) is 6.58 Å².